The van der Waals surface area contributed by atoms with E-state index in [0.717, 1.165) is 22.3 Å². The fourth-order valence-corrected chi connectivity index (χ4v) is 4.09. The number of aromatic nitrogens is 2. The van der Waals surface area contributed by atoms with Crippen molar-refractivity contribution >= 4 is 17.5 Å². The van der Waals surface area contributed by atoms with Gasteiger partial charge in [-0.05, 0) is 42.8 Å². The molecule has 2 amide bonds. The quantitative estimate of drug-likeness (QED) is 0.458. The first-order valence-electron chi connectivity index (χ1n) is 11.2. The maximum atomic E-state index is 12.8. The smallest absolute Gasteiger partial charge is 0.258 e. The van der Waals surface area contributed by atoms with Crippen LogP contribution in [-0.2, 0) is 16.1 Å². The van der Waals surface area contributed by atoms with E-state index < -0.39 is 0 Å². The minimum atomic E-state index is -0.372. The van der Waals surface area contributed by atoms with Gasteiger partial charge in [0.15, 0.2) is 0 Å². The van der Waals surface area contributed by atoms with E-state index in [4.69, 9.17) is 4.52 Å². The summed E-state index contributed by atoms with van der Waals surface area (Å²) < 4.78 is 5.43. The standard InChI is InChI=1S/C27H24N4O3/c1-18-6-5-9-21(14-18)25-29-27(34-30-25)20-10-12-23(13-11-20)28-26(33)22-15-24(32)31(17-22)16-19-7-3-2-4-8-19/h2-14,22H,15-17H2,1H3,(H,28,33). The van der Waals surface area contributed by atoms with Crippen molar-refractivity contribution in [2.45, 2.75) is 19.9 Å². The summed E-state index contributed by atoms with van der Waals surface area (Å²) in [4.78, 5) is 31.4. The first-order valence-corrected chi connectivity index (χ1v) is 11.2. The van der Waals surface area contributed by atoms with Crippen molar-refractivity contribution in [3.05, 3.63) is 90.0 Å². The third-order valence-corrected chi connectivity index (χ3v) is 5.90. The minimum Gasteiger partial charge on any atom is -0.338 e. The zero-order valence-electron chi connectivity index (χ0n) is 18.8. The van der Waals surface area contributed by atoms with Gasteiger partial charge in [0.2, 0.25) is 17.6 Å². The Morgan fingerprint density at radius 3 is 2.59 bits per heavy atom. The van der Waals surface area contributed by atoms with Crippen LogP contribution in [0.4, 0.5) is 5.69 Å². The predicted octanol–water partition coefficient (Wildman–Crippen LogP) is 4.70. The molecule has 4 aromatic rings. The Labute approximate surface area is 197 Å². The number of anilines is 1. The van der Waals surface area contributed by atoms with Crippen molar-refractivity contribution in [3.63, 3.8) is 0 Å². The van der Waals surface area contributed by atoms with Crippen molar-refractivity contribution in [1.29, 1.82) is 0 Å². The molecule has 1 aliphatic heterocycles. The first-order chi connectivity index (χ1) is 16.5. The van der Waals surface area contributed by atoms with Crippen molar-refractivity contribution in [1.82, 2.24) is 15.0 Å². The lowest BCUT2D eigenvalue weighted by atomic mass is 10.1. The molecule has 1 saturated heterocycles. The molecule has 1 fully saturated rings. The van der Waals surface area contributed by atoms with E-state index >= 15 is 0 Å². The minimum absolute atomic E-state index is 0.000147. The van der Waals surface area contributed by atoms with Crippen molar-refractivity contribution in [3.8, 4) is 22.8 Å². The van der Waals surface area contributed by atoms with Gasteiger partial charge in [0.1, 0.15) is 0 Å². The molecule has 7 heteroatoms. The molecule has 1 aromatic heterocycles. The molecule has 0 bridgehead atoms. The highest BCUT2D eigenvalue weighted by Gasteiger charge is 2.34. The molecular formula is C27H24N4O3. The number of hydrogen-bond acceptors (Lipinski definition) is 5. The second-order valence-corrected chi connectivity index (χ2v) is 8.52. The molecule has 1 unspecified atom stereocenters. The van der Waals surface area contributed by atoms with Crippen LogP contribution in [0.2, 0.25) is 0 Å². The second kappa shape index (κ2) is 9.31. The largest absolute Gasteiger partial charge is 0.338 e. The van der Waals surface area contributed by atoms with Crippen LogP contribution >= 0.6 is 0 Å². The Morgan fingerprint density at radius 2 is 1.82 bits per heavy atom. The highest BCUT2D eigenvalue weighted by molar-refractivity contribution is 5.97. The molecular weight excluding hydrogens is 428 g/mol. The van der Waals surface area contributed by atoms with Gasteiger partial charge in [0, 0.05) is 36.3 Å². The maximum Gasteiger partial charge on any atom is 0.258 e. The van der Waals surface area contributed by atoms with E-state index in [-0.39, 0.29) is 24.2 Å². The van der Waals surface area contributed by atoms with E-state index in [1.54, 1.807) is 17.0 Å². The highest BCUT2D eigenvalue weighted by atomic mass is 16.5. The van der Waals surface area contributed by atoms with Gasteiger partial charge in [-0.3, -0.25) is 9.59 Å². The number of benzene rings is 3. The van der Waals surface area contributed by atoms with Gasteiger partial charge < -0.3 is 14.7 Å². The summed E-state index contributed by atoms with van der Waals surface area (Å²) in [7, 11) is 0. The fraction of sp³-hybridized carbons (Fsp3) is 0.185. The molecule has 2 heterocycles. The third kappa shape index (κ3) is 4.73. The van der Waals surface area contributed by atoms with Crippen molar-refractivity contribution in [2.24, 2.45) is 5.92 Å². The zero-order valence-corrected chi connectivity index (χ0v) is 18.8. The number of nitrogens with one attached hydrogen (secondary N) is 1. The van der Waals surface area contributed by atoms with Crippen molar-refractivity contribution < 1.29 is 14.1 Å². The Balaban J connectivity index is 1.21. The molecule has 0 saturated carbocycles. The van der Waals surface area contributed by atoms with E-state index in [1.165, 1.54) is 0 Å². The number of aryl methyl sites for hydroxylation is 1. The molecule has 34 heavy (non-hydrogen) atoms. The SMILES string of the molecule is Cc1cccc(-c2noc(-c3ccc(NC(=O)C4CC(=O)N(Cc5ccccc5)C4)cc3)n2)c1. The molecule has 3 aromatic carbocycles. The molecule has 0 spiro atoms. The van der Waals surface area contributed by atoms with Gasteiger partial charge in [-0.25, -0.2) is 0 Å². The van der Waals surface area contributed by atoms with Crippen LogP contribution in [0.1, 0.15) is 17.5 Å². The summed E-state index contributed by atoms with van der Waals surface area (Å²) >= 11 is 0. The summed E-state index contributed by atoms with van der Waals surface area (Å²) in [5.74, 6) is 0.412. The van der Waals surface area contributed by atoms with Gasteiger partial charge in [-0.1, -0.05) is 59.3 Å². The molecule has 1 aliphatic rings. The topological polar surface area (TPSA) is 88.3 Å². The van der Waals surface area contributed by atoms with Crippen LogP contribution in [0.15, 0.2) is 83.4 Å². The first kappa shape index (κ1) is 21.6. The number of nitrogens with zero attached hydrogens (tertiary/aromatic N) is 3. The zero-order chi connectivity index (χ0) is 23.5. The number of amides is 2. The molecule has 170 valence electrons. The fourth-order valence-electron chi connectivity index (χ4n) is 4.09. The number of hydrogen-bond donors (Lipinski definition) is 1. The highest BCUT2D eigenvalue weighted by Crippen LogP contribution is 2.25. The molecule has 1 atom stereocenters. The summed E-state index contributed by atoms with van der Waals surface area (Å²) in [6.07, 6.45) is 0.223. The molecule has 7 nitrogen and oxygen atoms in total. The lowest BCUT2D eigenvalue weighted by Crippen LogP contribution is -2.28. The normalized spacial score (nSPS) is 15.5. The number of carbonyl (C=O) groups is 2. The lowest BCUT2D eigenvalue weighted by molar-refractivity contribution is -0.128. The van der Waals surface area contributed by atoms with E-state index in [9.17, 15) is 9.59 Å². The maximum absolute atomic E-state index is 12.8. The molecule has 5 rings (SSSR count). The predicted molar refractivity (Wildman–Crippen MR) is 129 cm³/mol. The van der Waals surface area contributed by atoms with Gasteiger partial charge in [-0.2, -0.15) is 4.98 Å². The van der Waals surface area contributed by atoms with Crippen LogP contribution in [0.5, 0.6) is 0 Å². The Bertz CT molecular complexity index is 1320. The van der Waals surface area contributed by atoms with Crippen LogP contribution in [-0.4, -0.2) is 33.4 Å². The monoisotopic (exact) mass is 452 g/mol. The lowest BCUT2D eigenvalue weighted by Gasteiger charge is -2.16. The average molecular weight is 453 g/mol. The van der Waals surface area contributed by atoms with E-state index in [0.29, 0.717) is 30.5 Å². The summed E-state index contributed by atoms with van der Waals surface area (Å²) in [5.41, 5.74) is 4.48. The number of carbonyl (C=O) groups excluding carboxylic acids is 2. The Morgan fingerprint density at radius 1 is 1.03 bits per heavy atom. The van der Waals surface area contributed by atoms with Gasteiger partial charge >= 0.3 is 0 Å². The van der Waals surface area contributed by atoms with Crippen LogP contribution < -0.4 is 5.32 Å². The van der Waals surface area contributed by atoms with Crippen LogP contribution in [0.3, 0.4) is 0 Å². The number of likely N-dealkylation sites (tertiary alicyclic amines) is 1. The van der Waals surface area contributed by atoms with Crippen LogP contribution in [0.25, 0.3) is 22.8 Å². The molecule has 0 aliphatic carbocycles. The van der Waals surface area contributed by atoms with Gasteiger partial charge in [0.25, 0.3) is 5.89 Å². The number of rotatable bonds is 6. The second-order valence-electron chi connectivity index (χ2n) is 8.52. The molecule has 1 N–H and O–H groups in total. The van der Waals surface area contributed by atoms with Crippen LogP contribution in [0, 0.1) is 12.8 Å². The summed E-state index contributed by atoms with van der Waals surface area (Å²) in [5, 5.41) is 7.00. The summed E-state index contributed by atoms with van der Waals surface area (Å²) in [6, 6.07) is 24.9. The van der Waals surface area contributed by atoms with E-state index in [1.807, 2.05) is 73.7 Å². The van der Waals surface area contributed by atoms with Gasteiger partial charge in [0.05, 0.1) is 5.92 Å². The molecule has 0 radical (unpaired) electrons. The Kier molecular flexibility index (Phi) is 5.91. The van der Waals surface area contributed by atoms with Gasteiger partial charge in [-0.15, -0.1) is 0 Å². The summed E-state index contributed by atoms with van der Waals surface area (Å²) in [6.45, 7) is 2.95. The van der Waals surface area contributed by atoms with E-state index in [2.05, 4.69) is 15.5 Å². The third-order valence-electron chi connectivity index (χ3n) is 5.90. The Hall–Kier alpha value is -4.26. The average Bonchev–Trinajstić information content (AvgIpc) is 3.48. The van der Waals surface area contributed by atoms with Crippen molar-refractivity contribution in [2.75, 3.05) is 11.9 Å².